The zero-order chi connectivity index (χ0) is 49.5. The third kappa shape index (κ3) is 9.38. The van der Waals surface area contributed by atoms with Crippen molar-refractivity contribution in [3.8, 4) is 66.8 Å². The standard InChI is InChI=1S/C70H65N/c1-68(2,3)52-43-41-49(42-44-52)56-30-17-20-38-64(56)71(65-39-21-18-34-61(65)60-33-16-15-32-59(60)58-31-14-13-29-55(58)48-25-11-10-12-26-48)66-40-22-19-35-62(66)63-37-24-28-50-27-23-36-57(67(50)63)51-45-53(69(4,5)6)47-54(46-51)70(7,8)9/h10-47H,1-9H3. The number of fused-ring (bicyclic) bond motifs is 1. The Balaban J connectivity index is 1.25. The lowest BCUT2D eigenvalue weighted by Crippen LogP contribution is -2.16. The van der Waals surface area contributed by atoms with Crippen LogP contribution in [0, 0.1) is 0 Å². The highest BCUT2D eigenvalue weighted by atomic mass is 15.1. The lowest BCUT2D eigenvalue weighted by atomic mass is 9.78. The van der Waals surface area contributed by atoms with Crippen molar-refractivity contribution in [1.82, 2.24) is 0 Å². The number of hydrogen-bond donors (Lipinski definition) is 0. The maximum Gasteiger partial charge on any atom is 0.0540 e. The van der Waals surface area contributed by atoms with Crippen molar-refractivity contribution in [3.05, 3.63) is 247 Å². The first-order valence-corrected chi connectivity index (χ1v) is 25.3. The Labute approximate surface area is 423 Å². The van der Waals surface area contributed by atoms with E-state index in [1.165, 1.54) is 77.5 Å². The predicted octanol–water partition coefficient (Wildman–Crippen LogP) is 20.2. The largest absolute Gasteiger partial charge is 0.309 e. The molecule has 0 N–H and O–H groups in total. The van der Waals surface area contributed by atoms with Crippen LogP contribution in [0.4, 0.5) is 17.1 Å². The van der Waals surface area contributed by atoms with E-state index in [-0.39, 0.29) is 16.2 Å². The van der Waals surface area contributed by atoms with E-state index in [0.29, 0.717) is 0 Å². The van der Waals surface area contributed by atoms with E-state index in [2.05, 4.69) is 298 Å². The molecule has 0 spiro atoms. The summed E-state index contributed by atoms with van der Waals surface area (Å²) in [5.41, 5.74) is 21.6. The molecule has 0 heterocycles. The summed E-state index contributed by atoms with van der Waals surface area (Å²) in [6.07, 6.45) is 0. The molecule has 0 unspecified atom stereocenters. The van der Waals surface area contributed by atoms with Gasteiger partial charge in [-0.1, -0.05) is 275 Å². The zero-order valence-electron chi connectivity index (χ0n) is 42.9. The smallest absolute Gasteiger partial charge is 0.0540 e. The molecule has 10 aromatic rings. The second-order valence-electron chi connectivity index (χ2n) is 22.2. The Morgan fingerprint density at radius 1 is 0.239 bits per heavy atom. The number of para-hydroxylation sites is 3. The molecular weight excluding hydrogens is 855 g/mol. The molecule has 0 aromatic heterocycles. The maximum absolute atomic E-state index is 2.54. The first kappa shape index (κ1) is 47.0. The fourth-order valence-electron chi connectivity index (χ4n) is 10.2. The minimum atomic E-state index is -0.0212. The number of benzene rings is 10. The van der Waals surface area contributed by atoms with Gasteiger partial charge in [0.15, 0.2) is 0 Å². The maximum atomic E-state index is 2.54. The van der Waals surface area contributed by atoms with Gasteiger partial charge in [-0.3, -0.25) is 0 Å². The Morgan fingerprint density at radius 2 is 0.606 bits per heavy atom. The van der Waals surface area contributed by atoms with E-state index in [4.69, 9.17) is 0 Å². The summed E-state index contributed by atoms with van der Waals surface area (Å²) in [5.74, 6) is 0. The van der Waals surface area contributed by atoms with Crippen LogP contribution in [0.15, 0.2) is 231 Å². The fourth-order valence-corrected chi connectivity index (χ4v) is 10.2. The van der Waals surface area contributed by atoms with Gasteiger partial charge in [-0.05, 0) is 112 Å². The number of hydrogen-bond acceptors (Lipinski definition) is 1. The van der Waals surface area contributed by atoms with Crippen molar-refractivity contribution >= 4 is 27.8 Å². The van der Waals surface area contributed by atoms with Crippen molar-refractivity contribution in [3.63, 3.8) is 0 Å². The summed E-state index contributed by atoms with van der Waals surface area (Å²) in [4.78, 5) is 2.54. The normalized spacial score (nSPS) is 12.0. The average Bonchev–Trinajstić information content (AvgIpc) is 3.38. The highest BCUT2D eigenvalue weighted by Gasteiger charge is 2.27. The molecule has 0 saturated carbocycles. The zero-order valence-corrected chi connectivity index (χ0v) is 42.9. The lowest BCUT2D eigenvalue weighted by Gasteiger charge is -2.32. The SMILES string of the molecule is CC(C)(C)c1ccc(-c2ccccc2N(c2ccccc2-c2ccccc2-c2ccccc2-c2ccccc2)c2ccccc2-c2cccc3cccc(-c4cc(C(C)(C)C)cc(C(C)(C)C)c4)c23)cc1. The minimum Gasteiger partial charge on any atom is -0.309 e. The van der Waals surface area contributed by atoms with Gasteiger partial charge in [0.25, 0.3) is 0 Å². The van der Waals surface area contributed by atoms with Gasteiger partial charge in [0.2, 0.25) is 0 Å². The Kier molecular flexibility index (Phi) is 12.5. The highest BCUT2D eigenvalue weighted by Crippen LogP contribution is 2.51. The van der Waals surface area contributed by atoms with Gasteiger partial charge in [0.05, 0.1) is 17.1 Å². The van der Waals surface area contributed by atoms with E-state index < -0.39 is 0 Å². The first-order chi connectivity index (χ1) is 34.1. The second-order valence-corrected chi connectivity index (χ2v) is 22.2. The van der Waals surface area contributed by atoms with E-state index >= 15 is 0 Å². The van der Waals surface area contributed by atoms with Gasteiger partial charge in [0.1, 0.15) is 0 Å². The van der Waals surface area contributed by atoms with Gasteiger partial charge in [-0.15, -0.1) is 0 Å². The van der Waals surface area contributed by atoms with E-state index in [0.717, 1.165) is 33.8 Å². The quantitative estimate of drug-likeness (QED) is 0.139. The van der Waals surface area contributed by atoms with Crippen LogP contribution in [0.1, 0.15) is 79.0 Å². The molecule has 0 atom stereocenters. The molecule has 0 aliphatic heterocycles. The predicted molar refractivity (Wildman–Crippen MR) is 307 cm³/mol. The molecule has 1 nitrogen and oxygen atoms in total. The van der Waals surface area contributed by atoms with Gasteiger partial charge < -0.3 is 4.90 Å². The average molecular weight is 920 g/mol. The third-order valence-corrected chi connectivity index (χ3v) is 14.2. The van der Waals surface area contributed by atoms with E-state index in [1.54, 1.807) is 0 Å². The minimum absolute atomic E-state index is 0.0212. The van der Waals surface area contributed by atoms with Crippen molar-refractivity contribution in [1.29, 1.82) is 0 Å². The topological polar surface area (TPSA) is 3.24 Å². The van der Waals surface area contributed by atoms with Crippen molar-refractivity contribution < 1.29 is 0 Å². The molecule has 71 heavy (non-hydrogen) atoms. The Morgan fingerprint density at radius 3 is 1.13 bits per heavy atom. The van der Waals surface area contributed by atoms with Crippen LogP contribution in [-0.2, 0) is 16.2 Å². The van der Waals surface area contributed by atoms with Crippen LogP contribution in [-0.4, -0.2) is 0 Å². The van der Waals surface area contributed by atoms with Gasteiger partial charge in [-0.25, -0.2) is 0 Å². The lowest BCUT2D eigenvalue weighted by molar-refractivity contribution is 0.569. The van der Waals surface area contributed by atoms with Crippen LogP contribution < -0.4 is 4.90 Å². The summed E-state index contributed by atoms with van der Waals surface area (Å²) in [5, 5.41) is 2.46. The number of nitrogens with zero attached hydrogens (tertiary/aromatic N) is 1. The summed E-state index contributed by atoms with van der Waals surface area (Å²) >= 11 is 0. The molecule has 10 rings (SSSR count). The summed E-state index contributed by atoms with van der Waals surface area (Å²) < 4.78 is 0. The highest BCUT2D eigenvalue weighted by molar-refractivity contribution is 6.10. The van der Waals surface area contributed by atoms with Gasteiger partial charge in [0, 0.05) is 16.7 Å². The van der Waals surface area contributed by atoms with Crippen LogP contribution in [0.2, 0.25) is 0 Å². The summed E-state index contributed by atoms with van der Waals surface area (Å²) in [6.45, 7) is 20.8. The van der Waals surface area contributed by atoms with Crippen LogP contribution in [0.3, 0.4) is 0 Å². The molecule has 350 valence electrons. The monoisotopic (exact) mass is 920 g/mol. The molecule has 0 amide bonds. The molecule has 0 saturated heterocycles. The molecule has 0 fully saturated rings. The van der Waals surface area contributed by atoms with E-state index in [9.17, 15) is 0 Å². The van der Waals surface area contributed by atoms with Crippen LogP contribution >= 0.6 is 0 Å². The number of rotatable bonds is 9. The molecular formula is C70H65N. The number of anilines is 3. The van der Waals surface area contributed by atoms with Crippen LogP contribution in [0.25, 0.3) is 77.5 Å². The van der Waals surface area contributed by atoms with Gasteiger partial charge in [-0.2, -0.15) is 0 Å². The molecule has 0 radical (unpaired) electrons. The molecule has 0 bridgehead atoms. The Bertz CT molecular complexity index is 3480. The van der Waals surface area contributed by atoms with Crippen molar-refractivity contribution in [2.75, 3.05) is 4.90 Å². The van der Waals surface area contributed by atoms with Gasteiger partial charge >= 0.3 is 0 Å². The van der Waals surface area contributed by atoms with Crippen molar-refractivity contribution in [2.24, 2.45) is 0 Å². The van der Waals surface area contributed by atoms with Crippen LogP contribution in [0.5, 0.6) is 0 Å². The summed E-state index contributed by atoms with van der Waals surface area (Å²) in [6, 6.07) is 85.7. The Hall–Kier alpha value is -7.74. The first-order valence-electron chi connectivity index (χ1n) is 25.3. The fraction of sp³-hybridized carbons (Fsp3) is 0.171. The molecule has 0 aliphatic carbocycles. The third-order valence-electron chi connectivity index (χ3n) is 14.2. The molecule has 10 aromatic carbocycles. The molecule has 1 heteroatoms. The molecule has 0 aliphatic rings. The second kappa shape index (κ2) is 18.9. The van der Waals surface area contributed by atoms with Crippen molar-refractivity contribution in [2.45, 2.75) is 78.6 Å². The summed E-state index contributed by atoms with van der Waals surface area (Å²) in [7, 11) is 0. The van der Waals surface area contributed by atoms with E-state index in [1.807, 2.05) is 0 Å².